The summed E-state index contributed by atoms with van der Waals surface area (Å²) in [5.74, 6) is -0.0557. The van der Waals surface area contributed by atoms with Gasteiger partial charge in [-0.1, -0.05) is 25.1 Å². The minimum atomic E-state index is -3.55. The first-order valence-electron chi connectivity index (χ1n) is 8.94. The molecule has 0 saturated heterocycles. The molecule has 0 aliphatic carbocycles. The largest absolute Gasteiger partial charge is 0.308 e. The zero-order chi connectivity index (χ0) is 18.7. The third-order valence-electron chi connectivity index (χ3n) is 4.71. The number of hydrogen-bond acceptors (Lipinski definition) is 3. The molecule has 1 N–H and O–H groups in total. The van der Waals surface area contributed by atoms with Gasteiger partial charge in [-0.25, -0.2) is 13.1 Å². The van der Waals surface area contributed by atoms with Crippen molar-refractivity contribution in [2.45, 2.75) is 44.0 Å². The molecule has 0 spiro atoms. The Labute approximate surface area is 155 Å². The van der Waals surface area contributed by atoms with Gasteiger partial charge in [-0.15, -0.1) is 0 Å². The summed E-state index contributed by atoms with van der Waals surface area (Å²) in [6.07, 6.45) is 2.30. The number of hydrogen-bond donors (Lipinski definition) is 1. The highest BCUT2D eigenvalue weighted by Gasteiger charge is 2.25. The molecule has 1 atom stereocenters. The molecule has 3 rings (SSSR count). The highest BCUT2D eigenvalue weighted by Crippen LogP contribution is 2.30. The van der Waals surface area contributed by atoms with E-state index in [9.17, 15) is 13.2 Å². The Kier molecular flexibility index (Phi) is 5.44. The number of sulfonamides is 1. The summed E-state index contributed by atoms with van der Waals surface area (Å²) in [5.41, 5.74) is 2.33. The first kappa shape index (κ1) is 18.6. The third-order valence-corrected chi connectivity index (χ3v) is 6.30. The van der Waals surface area contributed by atoms with Crippen LogP contribution in [0.2, 0.25) is 0 Å². The lowest BCUT2D eigenvalue weighted by atomic mass is 10.0. The quantitative estimate of drug-likeness (QED) is 0.875. The van der Waals surface area contributed by atoms with Crippen molar-refractivity contribution in [3.63, 3.8) is 0 Å². The van der Waals surface area contributed by atoms with Gasteiger partial charge in [0, 0.05) is 23.8 Å². The average Bonchev–Trinajstić information content (AvgIpc) is 2.66. The Morgan fingerprint density at radius 1 is 1.19 bits per heavy atom. The molecule has 2 aromatic rings. The summed E-state index contributed by atoms with van der Waals surface area (Å²) in [7, 11) is -3.55. The van der Waals surface area contributed by atoms with E-state index < -0.39 is 10.0 Å². The van der Waals surface area contributed by atoms with Crippen LogP contribution < -0.4 is 9.62 Å². The van der Waals surface area contributed by atoms with Gasteiger partial charge in [-0.2, -0.15) is 0 Å². The van der Waals surface area contributed by atoms with Crippen LogP contribution in [0.5, 0.6) is 0 Å². The van der Waals surface area contributed by atoms with E-state index in [1.807, 2.05) is 32.0 Å². The van der Waals surface area contributed by atoms with Crippen molar-refractivity contribution in [1.29, 1.82) is 0 Å². The lowest BCUT2D eigenvalue weighted by Crippen LogP contribution is -2.36. The number of carbonyl (C=O) groups is 1. The molecule has 0 unspecified atom stereocenters. The van der Waals surface area contributed by atoms with Crippen LogP contribution in [0.1, 0.15) is 42.6 Å². The van der Waals surface area contributed by atoms with Crippen LogP contribution in [-0.4, -0.2) is 26.9 Å². The standard InChI is InChI=1S/C20H24N2O3S/c1-3-15(2)21-26(24,25)18-11-12-19-17(14-18)10-7-13-22(19)20(23)16-8-5-4-6-9-16/h4-6,8-9,11-12,14-15,21H,3,7,10,13H2,1-2H3/t15-/m0/s1. The molecule has 1 aliphatic rings. The fraction of sp³-hybridized carbons (Fsp3) is 0.350. The van der Waals surface area contributed by atoms with Crippen LogP contribution in [-0.2, 0) is 16.4 Å². The molecule has 1 aliphatic heterocycles. The van der Waals surface area contributed by atoms with E-state index in [1.54, 1.807) is 35.2 Å². The molecule has 138 valence electrons. The Bertz CT molecular complexity index is 895. The molecule has 0 radical (unpaired) electrons. The highest BCUT2D eigenvalue weighted by molar-refractivity contribution is 7.89. The Balaban J connectivity index is 1.92. The molecule has 5 nitrogen and oxygen atoms in total. The van der Waals surface area contributed by atoms with Gasteiger partial charge in [0.1, 0.15) is 0 Å². The number of rotatable bonds is 5. The van der Waals surface area contributed by atoms with Crippen molar-refractivity contribution in [1.82, 2.24) is 4.72 Å². The SMILES string of the molecule is CC[C@H](C)NS(=O)(=O)c1ccc2c(c1)CCCN2C(=O)c1ccccc1. The number of nitrogens with one attached hydrogen (secondary N) is 1. The number of nitrogens with zero attached hydrogens (tertiary/aromatic N) is 1. The van der Waals surface area contributed by atoms with Gasteiger partial charge in [-0.05, 0) is 62.1 Å². The van der Waals surface area contributed by atoms with E-state index in [1.165, 1.54) is 0 Å². The smallest absolute Gasteiger partial charge is 0.258 e. The summed E-state index contributed by atoms with van der Waals surface area (Å²) in [6, 6.07) is 14.1. The lowest BCUT2D eigenvalue weighted by Gasteiger charge is -2.30. The van der Waals surface area contributed by atoms with Crippen molar-refractivity contribution in [2.75, 3.05) is 11.4 Å². The molecular weight excluding hydrogens is 348 g/mol. The number of amides is 1. The van der Waals surface area contributed by atoms with Gasteiger partial charge < -0.3 is 4.90 Å². The number of carbonyl (C=O) groups excluding carboxylic acids is 1. The summed E-state index contributed by atoms with van der Waals surface area (Å²) in [6.45, 7) is 4.42. The second kappa shape index (κ2) is 7.60. The first-order chi connectivity index (χ1) is 12.4. The van der Waals surface area contributed by atoms with Gasteiger partial charge in [0.2, 0.25) is 10.0 Å². The lowest BCUT2D eigenvalue weighted by molar-refractivity contribution is 0.0985. The molecule has 1 amide bonds. The van der Waals surface area contributed by atoms with E-state index in [0.717, 1.165) is 30.5 Å². The van der Waals surface area contributed by atoms with Crippen LogP contribution >= 0.6 is 0 Å². The van der Waals surface area contributed by atoms with Crippen molar-refractivity contribution >= 4 is 21.6 Å². The minimum Gasteiger partial charge on any atom is -0.308 e. The van der Waals surface area contributed by atoms with E-state index in [4.69, 9.17) is 0 Å². The highest BCUT2D eigenvalue weighted by atomic mass is 32.2. The maximum atomic E-state index is 12.8. The Morgan fingerprint density at radius 2 is 1.92 bits per heavy atom. The molecule has 0 aromatic heterocycles. The molecule has 26 heavy (non-hydrogen) atoms. The second-order valence-corrected chi connectivity index (χ2v) is 8.36. The average molecular weight is 372 g/mol. The van der Waals surface area contributed by atoms with Crippen molar-refractivity contribution < 1.29 is 13.2 Å². The summed E-state index contributed by atoms with van der Waals surface area (Å²) < 4.78 is 27.7. The van der Waals surface area contributed by atoms with E-state index in [0.29, 0.717) is 12.1 Å². The maximum Gasteiger partial charge on any atom is 0.258 e. The number of anilines is 1. The van der Waals surface area contributed by atoms with Crippen molar-refractivity contribution in [2.24, 2.45) is 0 Å². The van der Waals surface area contributed by atoms with Gasteiger partial charge in [0.15, 0.2) is 0 Å². The Morgan fingerprint density at radius 3 is 2.62 bits per heavy atom. The fourth-order valence-electron chi connectivity index (χ4n) is 3.10. The maximum absolute atomic E-state index is 12.8. The molecule has 6 heteroatoms. The van der Waals surface area contributed by atoms with Gasteiger partial charge in [0.05, 0.1) is 4.90 Å². The van der Waals surface area contributed by atoms with Crippen LogP contribution in [0, 0.1) is 0 Å². The second-order valence-electron chi connectivity index (χ2n) is 6.65. The van der Waals surface area contributed by atoms with Gasteiger partial charge in [0.25, 0.3) is 5.91 Å². The topological polar surface area (TPSA) is 66.5 Å². The van der Waals surface area contributed by atoms with E-state index in [-0.39, 0.29) is 16.8 Å². The summed E-state index contributed by atoms with van der Waals surface area (Å²) >= 11 is 0. The molecular formula is C20H24N2O3S. The predicted octanol–water partition coefficient (Wildman–Crippen LogP) is 3.36. The summed E-state index contributed by atoms with van der Waals surface area (Å²) in [5, 5.41) is 0. The van der Waals surface area contributed by atoms with Crippen LogP contribution in [0.3, 0.4) is 0 Å². The monoisotopic (exact) mass is 372 g/mol. The zero-order valence-corrected chi connectivity index (χ0v) is 15.9. The van der Waals surface area contributed by atoms with Crippen molar-refractivity contribution in [3.05, 3.63) is 59.7 Å². The normalized spacial score (nSPS) is 15.4. The van der Waals surface area contributed by atoms with Crippen LogP contribution in [0.15, 0.2) is 53.4 Å². The predicted molar refractivity (Wildman–Crippen MR) is 103 cm³/mol. The molecule has 0 saturated carbocycles. The minimum absolute atomic E-state index is 0.0557. The fourth-order valence-corrected chi connectivity index (χ4v) is 4.48. The number of fused-ring (bicyclic) bond motifs is 1. The molecule has 1 heterocycles. The molecule has 0 bridgehead atoms. The van der Waals surface area contributed by atoms with Crippen LogP contribution in [0.25, 0.3) is 0 Å². The Hall–Kier alpha value is -2.18. The molecule has 0 fully saturated rings. The van der Waals surface area contributed by atoms with Gasteiger partial charge in [-0.3, -0.25) is 4.79 Å². The number of aryl methyl sites for hydroxylation is 1. The van der Waals surface area contributed by atoms with Crippen molar-refractivity contribution in [3.8, 4) is 0 Å². The first-order valence-corrected chi connectivity index (χ1v) is 10.4. The summed E-state index contributed by atoms with van der Waals surface area (Å²) in [4.78, 5) is 14.8. The van der Waals surface area contributed by atoms with E-state index in [2.05, 4.69) is 4.72 Å². The van der Waals surface area contributed by atoms with E-state index >= 15 is 0 Å². The zero-order valence-electron chi connectivity index (χ0n) is 15.1. The number of benzene rings is 2. The van der Waals surface area contributed by atoms with Gasteiger partial charge >= 0.3 is 0 Å². The van der Waals surface area contributed by atoms with Crippen LogP contribution in [0.4, 0.5) is 5.69 Å². The molecule has 2 aromatic carbocycles. The third kappa shape index (κ3) is 3.81.